The third-order valence-electron chi connectivity index (χ3n) is 2.35. The topological polar surface area (TPSA) is 355 Å². The largest absolute Gasteiger partial charge is 0.481 e. The van der Waals surface area contributed by atoms with E-state index in [-0.39, 0.29) is 19.0 Å². The summed E-state index contributed by atoms with van der Waals surface area (Å²) < 4.78 is 0. The van der Waals surface area contributed by atoms with Gasteiger partial charge >= 0.3 is 29.8 Å². The molecule has 0 aliphatic heterocycles. The Balaban J connectivity index is -0.000000169. The van der Waals surface area contributed by atoms with Crippen molar-refractivity contribution >= 4 is 35.8 Å². The van der Waals surface area contributed by atoms with Crippen molar-refractivity contribution in [2.24, 2.45) is 39.4 Å². The zero-order valence-corrected chi connectivity index (χ0v) is 16.6. The van der Waals surface area contributed by atoms with Crippen LogP contribution in [-0.2, 0) is 24.0 Å². The Kier molecular flexibility index (Phi) is 25.6. The van der Waals surface area contributed by atoms with Crippen LogP contribution in [-0.4, -0.2) is 93.1 Å². The second-order valence-electron chi connectivity index (χ2n) is 5.13. The van der Waals surface area contributed by atoms with Crippen LogP contribution in [0.15, 0.2) is 4.99 Å². The Morgan fingerprint density at radius 3 is 1.26 bits per heavy atom. The van der Waals surface area contributed by atoms with Crippen LogP contribution in [0.2, 0.25) is 0 Å². The van der Waals surface area contributed by atoms with Gasteiger partial charge in [0.2, 0.25) is 0 Å². The molecule has 0 radical (unpaired) electrons. The van der Waals surface area contributed by atoms with Crippen LogP contribution in [0.1, 0.15) is 19.3 Å². The molecule has 0 saturated heterocycles. The molecule has 2 atom stereocenters. The minimum atomic E-state index is -1.29. The third-order valence-corrected chi connectivity index (χ3v) is 2.35. The predicted molar refractivity (Wildman–Crippen MR) is 107 cm³/mol. The lowest BCUT2D eigenvalue weighted by Crippen LogP contribution is -2.32. The SMILES string of the molecule is NC(CC(=O)O)C(=O)O.NC(N)=NCCCC(N)C(=O)O.NCC(=O)O.NCC(=O)O. The van der Waals surface area contributed by atoms with E-state index in [4.69, 9.17) is 48.5 Å². The van der Waals surface area contributed by atoms with Gasteiger partial charge in [0.1, 0.15) is 12.1 Å². The second-order valence-corrected chi connectivity index (χ2v) is 5.13. The molecule has 0 heterocycles. The van der Waals surface area contributed by atoms with Gasteiger partial charge < -0.3 is 59.9 Å². The lowest BCUT2D eigenvalue weighted by Gasteiger charge is -2.03. The van der Waals surface area contributed by atoms with Gasteiger partial charge in [-0.25, -0.2) is 0 Å². The van der Waals surface area contributed by atoms with Crippen LogP contribution in [0.25, 0.3) is 0 Å². The highest BCUT2D eigenvalue weighted by Crippen LogP contribution is 1.94. The number of nitrogens with zero attached hydrogens (tertiary/aromatic N) is 1. The number of hydrogen-bond donors (Lipinski definition) is 11. The quantitative estimate of drug-likeness (QED) is 0.0833. The molecule has 0 saturated carbocycles. The van der Waals surface area contributed by atoms with Gasteiger partial charge in [-0.05, 0) is 12.8 Å². The van der Waals surface area contributed by atoms with Crippen molar-refractivity contribution in [2.45, 2.75) is 31.3 Å². The molecule has 17 nitrogen and oxygen atoms in total. The normalized spacial score (nSPS) is 10.7. The number of aliphatic carboxylic acids is 5. The van der Waals surface area contributed by atoms with E-state index in [0.717, 1.165) is 0 Å². The lowest BCUT2D eigenvalue weighted by atomic mass is 10.2. The van der Waals surface area contributed by atoms with Gasteiger partial charge in [-0.1, -0.05) is 0 Å². The molecule has 182 valence electrons. The maximum absolute atomic E-state index is 10.2. The molecule has 0 aromatic carbocycles. The Hall–Kier alpha value is -3.54. The smallest absolute Gasteiger partial charge is 0.321 e. The molecular formula is C14H31N7O10. The summed E-state index contributed by atoms with van der Waals surface area (Å²) in [6.45, 7) is -0.136. The molecule has 17 N–H and O–H groups in total. The number of carboxylic acids is 5. The Morgan fingerprint density at radius 2 is 1.06 bits per heavy atom. The van der Waals surface area contributed by atoms with E-state index in [1.54, 1.807) is 0 Å². The summed E-state index contributed by atoms with van der Waals surface area (Å²) in [4.78, 5) is 52.0. The standard InChI is InChI=1S/C6H14N4O2.C4H7NO4.2C2H5NO2/c7-4(5(11)12)2-1-3-10-6(8)9;5-2(4(8)9)1-3(6)7;2*3-1-2(4)5/h4H,1-3,7H2,(H,11,12)(H4,8,9,10);2H,1,5H2,(H,6,7)(H,8,9);2*1,3H2,(H,4,5). The first-order chi connectivity index (χ1) is 14.1. The highest BCUT2D eigenvalue weighted by molar-refractivity contribution is 5.80. The van der Waals surface area contributed by atoms with Crippen molar-refractivity contribution in [3.8, 4) is 0 Å². The molecule has 0 fully saturated rings. The van der Waals surface area contributed by atoms with Gasteiger partial charge in [0.25, 0.3) is 0 Å². The van der Waals surface area contributed by atoms with E-state index in [1.165, 1.54) is 0 Å². The Bertz CT molecular complexity index is 568. The molecule has 0 aromatic rings. The molecule has 0 aromatic heterocycles. The molecule has 0 aliphatic rings. The van der Waals surface area contributed by atoms with Crippen molar-refractivity contribution in [1.29, 1.82) is 0 Å². The summed E-state index contributed by atoms with van der Waals surface area (Å²) in [6.07, 6.45) is 0.423. The van der Waals surface area contributed by atoms with Gasteiger partial charge in [-0.3, -0.25) is 29.0 Å². The fourth-order valence-corrected chi connectivity index (χ4v) is 0.918. The van der Waals surface area contributed by atoms with Crippen molar-refractivity contribution in [3.63, 3.8) is 0 Å². The zero-order valence-electron chi connectivity index (χ0n) is 16.6. The molecule has 17 heteroatoms. The van der Waals surface area contributed by atoms with Crippen LogP contribution >= 0.6 is 0 Å². The fraction of sp³-hybridized carbons (Fsp3) is 0.571. The van der Waals surface area contributed by atoms with E-state index in [9.17, 15) is 24.0 Å². The number of aliphatic imine (C=N–C) groups is 1. The number of carbonyl (C=O) groups is 5. The van der Waals surface area contributed by atoms with Crippen molar-refractivity contribution in [1.82, 2.24) is 0 Å². The second kappa shape index (κ2) is 22.7. The molecule has 0 rings (SSSR count). The third kappa shape index (κ3) is 41.8. The van der Waals surface area contributed by atoms with E-state index < -0.39 is 48.4 Å². The van der Waals surface area contributed by atoms with Crippen molar-refractivity contribution in [3.05, 3.63) is 0 Å². The highest BCUT2D eigenvalue weighted by Gasteiger charge is 2.14. The summed E-state index contributed by atoms with van der Waals surface area (Å²) in [5, 5.41) is 39.6. The maximum Gasteiger partial charge on any atom is 0.321 e. The van der Waals surface area contributed by atoms with Crippen LogP contribution in [0.4, 0.5) is 0 Å². The molecular weight excluding hydrogens is 426 g/mol. The maximum atomic E-state index is 10.2. The number of carboxylic acid groups (broad SMARTS) is 5. The Morgan fingerprint density at radius 1 is 0.710 bits per heavy atom. The van der Waals surface area contributed by atoms with E-state index >= 15 is 0 Å². The summed E-state index contributed by atoms with van der Waals surface area (Å²) in [7, 11) is 0. The van der Waals surface area contributed by atoms with Gasteiger partial charge in [0, 0.05) is 6.54 Å². The average Bonchev–Trinajstić information content (AvgIpc) is 2.65. The van der Waals surface area contributed by atoms with Gasteiger partial charge in [-0.15, -0.1) is 0 Å². The first kappa shape index (κ1) is 34.9. The van der Waals surface area contributed by atoms with Gasteiger partial charge in [-0.2, -0.15) is 0 Å². The molecule has 2 unspecified atom stereocenters. The van der Waals surface area contributed by atoms with Crippen LogP contribution in [0.3, 0.4) is 0 Å². The average molecular weight is 457 g/mol. The van der Waals surface area contributed by atoms with Crippen molar-refractivity contribution < 1.29 is 49.5 Å². The summed E-state index contributed by atoms with van der Waals surface area (Å²) in [6, 6.07) is -2.11. The first-order valence-corrected chi connectivity index (χ1v) is 8.19. The van der Waals surface area contributed by atoms with Crippen LogP contribution < -0.4 is 34.4 Å². The fourth-order valence-electron chi connectivity index (χ4n) is 0.918. The highest BCUT2D eigenvalue weighted by atomic mass is 16.4. The van der Waals surface area contributed by atoms with E-state index in [0.29, 0.717) is 19.4 Å². The molecule has 0 spiro atoms. The van der Waals surface area contributed by atoms with Crippen LogP contribution in [0, 0.1) is 0 Å². The molecule has 0 aliphatic carbocycles. The number of hydrogen-bond acceptors (Lipinski definition) is 10. The number of nitrogens with two attached hydrogens (primary N) is 6. The minimum Gasteiger partial charge on any atom is -0.481 e. The summed E-state index contributed by atoms with van der Waals surface area (Å²) in [5.41, 5.74) is 29.3. The van der Waals surface area contributed by atoms with Gasteiger partial charge in [0.05, 0.1) is 19.5 Å². The first-order valence-electron chi connectivity index (χ1n) is 8.19. The Labute approximate surface area is 176 Å². The molecule has 0 amide bonds. The predicted octanol–water partition coefficient (Wildman–Crippen LogP) is -4.62. The minimum absolute atomic E-state index is 0.0129. The number of guanidine groups is 1. The monoisotopic (exact) mass is 457 g/mol. The lowest BCUT2D eigenvalue weighted by molar-refractivity contribution is -0.144. The van der Waals surface area contributed by atoms with Crippen molar-refractivity contribution in [2.75, 3.05) is 19.6 Å². The van der Waals surface area contributed by atoms with Crippen LogP contribution in [0.5, 0.6) is 0 Å². The van der Waals surface area contributed by atoms with E-state index in [1.807, 2.05) is 0 Å². The number of rotatable bonds is 10. The molecule has 0 bridgehead atoms. The summed E-state index contributed by atoms with van der Waals surface area (Å²) in [5.74, 6) is -5.42. The zero-order chi connectivity index (χ0) is 25.6. The molecule has 31 heavy (non-hydrogen) atoms. The summed E-state index contributed by atoms with van der Waals surface area (Å²) >= 11 is 0. The van der Waals surface area contributed by atoms with Gasteiger partial charge in [0.15, 0.2) is 5.96 Å². The van der Waals surface area contributed by atoms with E-state index in [2.05, 4.69) is 16.5 Å².